The summed E-state index contributed by atoms with van der Waals surface area (Å²) in [5.41, 5.74) is 5.26. The summed E-state index contributed by atoms with van der Waals surface area (Å²) < 4.78 is 11.0. The lowest BCUT2D eigenvalue weighted by molar-refractivity contribution is -0.142. The second-order valence-electron chi connectivity index (χ2n) is 8.93. The first-order valence-corrected chi connectivity index (χ1v) is 12.5. The first-order chi connectivity index (χ1) is 18.4. The van der Waals surface area contributed by atoms with Gasteiger partial charge in [0.2, 0.25) is 0 Å². The molecule has 0 spiro atoms. The Balaban J connectivity index is 1.60. The summed E-state index contributed by atoms with van der Waals surface area (Å²) in [5.74, 6) is -0.151. The number of amides is 2. The number of hydrogen-bond acceptors (Lipinski definition) is 7. The van der Waals surface area contributed by atoms with Gasteiger partial charge in [-0.15, -0.1) is 0 Å². The van der Waals surface area contributed by atoms with E-state index in [1.54, 1.807) is 48.5 Å². The normalized spacial score (nSPS) is 14.0. The minimum Gasteiger partial charge on any atom is -0.484 e. The summed E-state index contributed by atoms with van der Waals surface area (Å²) in [7, 11) is 0. The molecule has 3 aromatic carbocycles. The van der Waals surface area contributed by atoms with Crippen molar-refractivity contribution in [1.82, 2.24) is 10.6 Å². The molecule has 2 amide bonds. The Morgan fingerprint density at radius 2 is 1.47 bits per heavy atom. The number of nitrogens with one attached hydrogen (secondary N) is 2. The van der Waals surface area contributed by atoms with E-state index in [4.69, 9.17) is 15.2 Å². The van der Waals surface area contributed by atoms with Gasteiger partial charge in [0.05, 0.1) is 6.54 Å². The van der Waals surface area contributed by atoms with E-state index in [1.165, 1.54) is 0 Å². The lowest BCUT2D eigenvalue weighted by Gasteiger charge is -2.34. The Labute approximate surface area is 222 Å². The second kappa shape index (κ2) is 14.7. The van der Waals surface area contributed by atoms with Gasteiger partial charge in [0.25, 0.3) is 5.91 Å². The number of alkyl carbamates (subject to hydrolysis) is 1. The van der Waals surface area contributed by atoms with Gasteiger partial charge in [0, 0.05) is 12.8 Å². The number of carbonyl (C=O) groups is 2. The lowest BCUT2D eigenvalue weighted by atomic mass is 9.96. The standard InChI is InChI=1S/C29H35N3O6/c30-17-16-25(18-22-10-4-1-5-11-22)38-28(35)31-20-26(33)29(36,19-23-12-6-2-7-13-23)32-27(34)21-37-24-14-8-3-9-15-24/h1-15,25-26,33,36H,16-21,30H2,(H,31,35)(H,32,34). The zero-order valence-electron chi connectivity index (χ0n) is 21.2. The minimum atomic E-state index is -2.09. The van der Waals surface area contributed by atoms with Crippen molar-refractivity contribution in [1.29, 1.82) is 0 Å². The van der Waals surface area contributed by atoms with E-state index < -0.39 is 29.9 Å². The van der Waals surface area contributed by atoms with Gasteiger partial charge in [-0.05, 0) is 36.2 Å². The average molecular weight is 522 g/mol. The number of aliphatic hydroxyl groups is 2. The summed E-state index contributed by atoms with van der Waals surface area (Å²) in [5, 5.41) is 27.2. The maximum absolute atomic E-state index is 12.6. The molecule has 0 fully saturated rings. The van der Waals surface area contributed by atoms with Crippen LogP contribution in [0.2, 0.25) is 0 Å². The molecule has 38 heavy (non-hydrogen) atoms. The zero-order valence-corrected chi connectivity index (χ0v) is 21.2. The predicted octanol–water partition coefficient (Wildman–Crippen LogP) is 2.16. The lowest BCUT2D eigenvalue weighted by Crippen LogP contribution is -2.62. The smallest absolute Gasteiger partial charge is 0.407 e. The third-order valence-electron chi connectivity index (χ3n) is 5.85. The molecule has 0 aliphatic carbocycles. The SMILES string of the molecule is NCCC(Cc1ccccc1)OC(=O)NCC(O)C(O)(Cc1ccccc1)NC(=O)COc1ccccc1. The first kappa shape index (κ1) is 28.6. The average Bonchev–Trinajstić information content (AvgIpc) is 2.92. The number of rotatable bonds is 14. The summed E-state index contributed by atoms with van der Waals surface area (Å²) in [6, 6.07) is 27.2. The molecule has 0 heterocycles. The Hall–Kier alpha value is -3.92. The maximum atomic E-state index is 12.6. The van der Waals surface area contributed by atoms with Crippen LogP contribution in [0.4, 0.5) is 4.79 Å². The van der Waals surface area contributed by atoms with E-state index in [0.717, 1.165) is 5.56 Å². The van der Waals surface area contributed by atoms with Crippen LogP contribution in [-0.2, 0) is 22.4 Å². The van der Waals surface area contributed by atoms with Crippen molar-refractivity contribution in [3.05, 3.63) is 102 Å². The van der Waals surface area contributed by atoms with Crippen LogP contribution in [0.1, 0.15) is 17.5 Å². The second-order valence-corrected chi connectivity index (χ2v) is 8.93. The molecule has 3 atom stereocenters. The van der Waals surface area contributed by atoms with Crippen molar-refractivity contribution < 1.29 is 29.3 Å². The molecule has 0 saturated heterocycles. The third-order valence-corrected chi connectivity index (χ3v) is 5.85. The van der Waals surface area contributed by atoms with Crippen molar-refractivity contribution in [2.75, 3.05) is 19.7 Å². The molecule has 0 aliphatic heterocycles. The number of hydrogen-bond donors (Lipinski definition) is 5. The zero-order chi connectivity index (χ0) is 27.2. The molecule has 3 aromatic rings. The molecular weight excluding hydrogens is 486 g/mol. The van der Waals surface area contributed by atoms with Crippen LogP contribution in [0.5, 0.6) is 5.75 Å². The summed E-state index contributed by atoms with van der Waals surface area (Å²) in [4.78, 5) is 25.1. The van der Waals surface area contributed by atoms with E-state index in [1.807, 2.05) is 42.5 Å². The van der Waals surface area contributed by atoms with Crippen LogP contribution < -0.4 is 21.1 Å². The molecule has 0 aromatic heterocycles. The highest BCUT2D eigenvalue weighted by Crippen LogP contribution is 2.16. The first-order valence-electron chi connectivity index (χ1n) is 12.5. The van der Waals surface area contributed by atoms with Gasteiger partial charge in [-0.2, -0.15) is 0 Å². The quantitative estimate of drug-likeness (QED) is 0.205. The molecule has 9 heteroatoms. The van der Waals surface area contributed by atoms with E-state index in [2.05, 4.69) is 10.6 Å². The van der Waals surface area contributed by atoms with Crippen LogP contribution in [0.25, 0.3) is 0 Å². The number of nitrogens with two attached hydrogens (primary N) is 1. The molecular formula is C29H35N3O6. The number of aliphatic hydroxyl groups excluding tert-OH is 1. The number of ether oxygens (including phenoxy) is 2. The highest BCUT2D eigenvalue weighted by molar-refractivity contribution is 5.78. The van der Waals surface area contributed by atoms with Gasteiger partial charge in [-0.25, -0.2) is 4.79 Å². The monoisotopic (exact) mass is 521 g/mol. The Morgan fingerprint density at radius 3 is 2.08 bits per heavy atom. The molecule has 0 bridgehead atoms. The fraction of sp³-hybridized carbons (Fsp3) is 0.310. The topological polar surface area (TPSA) is 143 Å². The Morgan fingerprint density at radius 1 is 0.895 bits per heavy atom. The van der Waals surface area contributed by atoms with Crippen LogP contribution in [0.3, 0.4) is 0 Å². The number of benzene rings is 3. The van der Waals surface area contributed by atoms with Gasteiger partial charge in [-0.3, -0.25) is 4.79 Å². The molecule has 9 nitrogen and oxygen atoms in total. The number of carbonyl (C=O) groups excluding carboxylic acids is 2. The van der Waals surface area contributed by atoms with Crippen LogP contribution in [0.15, 0.2) is 91.0 Å². The van der Waals surface area contributed by atoms with Crippen LogP contribution in [0, 0.1) is 0 Å². The van der Waals surface area contributed by atoms with Gasteiger partial charge < -0.3 is 36.1 Å². The van der Waals surface area contributed by atoms with E-state index in [-0.39, 0.29) is 19.6 Å². The van der Waals surface area contributed by atoms with Crippen molar-refractivity contribution in [2.24, 2.45) is 5.73 Å². The molecule has 3 rings (SSSR count). The molecule has 3 unspecified atom stereocenters. The van der Waals surface area contributed by atoms with Gasteiger partial charge in [0.1, 0.15) is 18.0 Å². The summed E-state index contributed by atoms with van der Waals surface area (Å²) in [6.45, 7) is -0.409. The highest BCUT2D eigenvalue weighted by Gasteiger charge is 2.38. The van der Waals surface area contributed by atoms with Gasteiger partial charge in [0.15, 0.2) is 12.3 Å². The van der Waals surface area contributed by atoms with E-state index in [9.17, 15) is 19.8 Å². The minimum absolute atomic E-state index is 0.105. The van der Waals surface area contributed by atoms with Crippen molar-refractivity contribution >= 4 is 12.0 Å². The predicted molar refractivity (Wildman–Crippen MR) is 143 cm³/mol. The fourth-order valence-electron chi connectivity index (χ4n) is 3.90. The van der Waals surface area contributed by atoms with Crippen molar-refractivity contribution in [3.8, 4) is 5.75 Å². The van der Waals surface area contributed by atoms with Gasteiger partial charge >= 0.3 is 6.09 Å². The largest absolute Gasteiger partial charge is 0.484 e. The summed E-state index contributed by atoms with van der Waals surface area (Å²) >= 11 is 0. The molecule has 0 aliphatic rings. The Kier molecular flexibility index (Phi) is 11.1. The van der Waals surface area contributed by atoms with E-state index in [0.29, 0.717) is 30.7 Å². The molecule has 0 saturated carbocycles. The molecule has 6 N–H and O–H groups in total. The Bertz CT molecular complexity index is 1120. The van der Waals surface area contributed by atoms with Crippen molar-refractivity contribution in [3.63, 3.8) is 0 Å². The number of para-hydroxylation sites is 1. The molecule has 0 radical (unpaired) electrons. The highest BCUT2D eigenvalue weighted by atomic mass is 16.6. The summed E-state index contributed by atoms with van der Waals surface area (Å²) in [6.07, 6.45) is -1.94. The fourth-order valence-corrected chi connectivity index (χ4v) is 3.90. The van der Waals surface area contributed by atoms with E-state index >= 15 is 0 Å². The van der Waals surface area contributed by atoms with Crippen LogP contribution >= 0.6 is 0 Å². The van der Waals surface area contributed by atoms with Crippen LogP contribution in [-0.4, -0.2) is 59.8 Å². The molecule has 202 valence electrons. The van der Waals surface area contributed by atoms with Crippen molar-refractivity contribution in [2.45, 2.75) is 37.2 Å². The van der Waals surface area contributed by atoms with Gasteiger partial charge in [-0.1, -0.05) is 78.9 Å². The maximum Gasteiger partial charge on any atom is 0.407 e. The third kappa shape index (κ3) is 9.51.